The molecule has 0 aliphatic carbocycles. The molecule has 1 atom stereocenters. The number of amides is 1. The van der Waals surface area contributed by atoms with Crippen molar-refractivity contribution >= 4 is 33.0 Å². The van der Waals surface area contributed by atoms with E-state index in [2.05, 4.69) is 5.32 Å². The molecular weight excluding hydrogens is 347 g/mol. The Morgan fingerprint density at radius 3 is 2.64 bits per heavy atom. The average Bonchev–Trinajstić information content (AvgIpc) is 3.05. The second kappa shape index (κ2) is 6.96. The number of aliphatic hydroxyl groups is 1. The Balaban J connectivity index is 1.66. The number of halogens is 1. The summed E-state index contributed by atoms with van der Waals surface area (Å²) < 4.78 is 14.3. The fraction of sp³-hybridized carbons (Fsp3) is 0.118. The zero-order valence-electron chi connectivity index (χ0n) is 12.8. The summed E-state index contributed by atoms with van der Waals surface area (Å²) in [4.78, 5) is 22.6. The van der Waals surface area contributed by atoms with Crippen LogP contribution in [0.25, 0.3) is 10.1 Å². The van der Waals surface area contributed by atoms with Gasteiger partial charge in [0.25, 0.3) is 11.6 Å². The molecule has 1 aromatic heterocycles. The summed E-state index contributed by atoms with van der Waals surface area (Å²) in [7, 11) is 0. The zero-order chi connectivity index (χ0) is 18.0. The molecule has 3 aromatic rings. The number of rotatable bonds is 5. The SMILES string of the molecule is O=C(NC[C@H](O)c1ccc([N+](=O)[O-])cc1)c1cc2c(F)cccc2s1. The van der Waals surface area contributed by atoms with Gasteiger partial charge in [0.05, 0.1) is 15.9 Å². The molecule has 0 bridgehead atoms. The van der Waals surface area contributed by atoms with E-state index in [1.807, 2.05) is 0 Å². The van der Waals surface area contributed by atoms with Crippen molar-refractivity contribution in [3.63, 3.8) is 0 Å². The highest BCUT2D eigenvalue weighted by Gasteiger charge is 2.15. The van der Waals surface area contributed by atoms with Crippen LogP contribution in [0, 0.1) is 15.9 Å². The van der Waals surface area contributed by atoms with Crippen molar-refractivity contribution in [2.45, 2.75) is 6.10 Å². The third-order valence-electron chi connectivity index (χ3n) is 3.68. The predicted octanol–water partition coefficient (Wildman–Crippen LogP) is 3.41. The van der Waals surface area contributed by atoms with Crippen molar-refractivity contribution in [2.24, 2.45) is 0 Å². The van der Waals surface area contributed by atoms with Crippen molar-refractivity contribution in [3.8, 4) is 0 Å². The summed E-state index contributed by atoms with van der Waals surface area (Å²) in [5.74, 6) is -0.805. The summed E-state index contributed by atoms with van der Waals surface area (Å²) in [6.07, 6.45) is -1.00. The van der Waals surface area contributed by atoms with Gasteiger partial charge in [0.15, 0.2) is 0 Å². The van der Waals surface area contributed by atoms with Crippen LogP contribution in [0.2, 0.25) is 0 Å². The predicted molar refractivity (Wildman–Crippen MR) is 92.2 cm³/mol. The lowest BCUT2D eigenvalue weighted by Gasteiger charge is -2.11. The number of non-ortho nitro benzene ring substituents is 1. The minimum Gasteiger partial charge on any atom is -0.387 e. The van der Waals surface area contributed by atoms with E-state index in [1.165, 1.54) is 36.4 Å². The highest BCUT2D eigenvalue weighted by atomic mass is 32.1. The molecule has 6 nitrogen and oxygen atoms in total. The number of nitro groups is 1. The molecule has 128 valence electrons. The van der Waals surface area contributed by atoms with Gasteiger partial charge in [0.1, 0.15) is 5.82 Å². The number of nitrogens with one attached hydrogen (secondary N) is 1. The van der Waals surface area contributed by atoms with E-state index in [0.29, 0.717) is 20.5 Å². The first-order valence-corrected chi connectivity index (χ1v) is 8.16. The van der Waals surface area contributed by atoms with E-state index >= 15 is 0 Å². The van der Waals surface area contributed by atoms with Gasteiger partial charge in [-0.1, -0.05) is 6.07 Å². The smallest absolute Gasteiger partial charge is 0.269 e. The first-order valence-electron chi connectivity index (χ1n) is 7.34. The van der Waals surface area contributed by atoms with Crippen LogP contribution < -0.4 is 5.32 Å². The van der Waals surface area contributed by atoms with E-state index in [9.17, 15) is 24.4 Å². The minimum absolute atomic E-state index is 0.0621. The fourth-order valence-corrected chi connectivity index (χ4v) is 3.34. The molecule has 3 rings (SSSR count). The average molecular weight is 360 g/mol. The highest BCUT2D eigenvalue weighted by molar-refractivity contribution is 7.20. The third kappa shape index (κ3) is 3.65. The first kappa shape index (κ1) is 17.0. The van der Waals surface area contributed by atoms with Crippen LogP contribution >= 0.6 is 11.3 Å². The number of nitro benzene ring substituents is 1. The molecule has 1 amide bonds. The quantitative estimate of drug-likeness (QED) is 0.539. The number of hydrogen-bond acceptors (Lipinski definition) is 5. The molecule has 1 heterocycles. The van der Waals surface area contributed by atoms with E-state index in [0.717, 1.165) is 11.3 Å². The standard InChI is InChI=1S/C17H13FN2O4S/c18-13-2-1-3-15-12(13)8-16(25-15)17(22)19-9-14(21)10-4-6-11(7-5-10)20(23)24/h1-8,14,21H,9H2,(H,19,22)/t14-/m0/s1. The Kier molecular flexibility index (Phi) is 4.73. The van der Waals surface area contributed by atoms with Crippen molar-refractivity contribution in [3.05, 3.63) is 74.9 Å². The molecule has 0 unspecified atom stereocenters. The Labute approximate surface area is 145 Å². The molecule has 2 N–H and O–H groups in total. The Hall–Kier alpha value is -2.84. The van der Waals surface area contributed by atoms with Crippen LogP contribution in [-0.4, -0.2) is 22.5 Å². The van der Waals surface area contributed by atoms with Gasteiger partial charge in [0, 0.05) is 28.8 Å². The van der Waals surface area contributed by atoms with Gasteiger partial charge < -0.3 is 10.4 Å². The normalized spacial score (nSPS) is 12.1. The second-order valence-electron chi connectivity index (χ2n) is 5.34. The molecular formula is C17H13FN2O4S. The Morgan fingerprint density at radius 1 is 1.28 bits per heavy atom. The lowest BCUT2D eigenvalue weighted by molar-refractivity contribution is -0.384. The number of nitrogens with zero attached hydrogens (tertiary/aromatic N) is 1. The number of carbonyl (C=O) groups excluding carboxylic acids is 1. The summed E-state index contributed by atoms with van der Waals surface area (Å²) in [6.45, 7) is -0.0621. The lowest BCUT2D eigenvalue weighted by atomic mass is 10.1. The molecule has 0 radical (unpaired) electrons. The largest absolute Gasteiger partial charge is 0.387 e. The van der Waals surface area contributed by atoms with Crippen LogP contribution in [0.1, 0.15) is 21.3 Å². The molecule has 25 heavy (non-hydrogen) atoms. The van der Waals surface area contributed by atoms with Gasteiger partial charge >= 0.3 is 0 Å². The molecule has 0 spiro atoms. The van der Waals surface area contributed by atoms with Crippen molar-refractivity contribution in [1.82, 2.24) is 5.32 Å². The Morgan fingerprint density at radius 2 is 2.00 bits per heavy atom. The van der Waals surface area contributed by atoms with Crippen molar-refractivity contribution in [1.29, 1.82) is 0 Å². The number of fused-ring (bicyclic) bond motifs is 1. The summed E-state index contributed by atoms with van der Waals surface area (Å²) in [5.41, 5.74) is 0.376. The van der Waals surface area contributed by atoms with Crippen LogP contribution in [-0.2, 0) is 0 Å². The van der Waals surface area contributed by atoms with Crippen molar-refractivity contribution in [2.75, 3.05) is 6.54 Å². The Bertz CT molecular complexity index is 939. The maximum absolute atomic E-state index is 13.7. The summed E-state index contributed by atoms with van der Waals surface area (Å²) >= 11 is 1.16. The third-order valence-corrected chi connectivity index (χ3v) is 4.78. The molecule has 0 aliphatic rings. The van der Waals surface area contributed by atoms with Crippen LogP contribution in [0.15, 0.2) is 48.5 Å². The second-order valence-corrected chi connectivity index (χ2v) is 6.42. The van der Waals surface area contributed by atoms with Gasteiger partial charge in [-0.15, -0.1) is 11.3 Å². The van der Waals surface area contributed by atoms with E-state index < -0.39 is 22.8 Å². The molecule has 0 fully saturated rings. The topological polar surface area (TPSA) is 92.5 Å². The monoisotopic (exact) mass is 360 g/mol. The van der Waals surface area contributed by atoms with Crippen LogP contribution in [0.3, 0.4) is 0 Å². The zero-order valence-corrected chi connectivity index (χ0v) is 13.6. The van der Waals surface area contributed by atoms with E-state index in [1.54, 1.807) is 12.1 Å². The van der Waals surface area contributed by atoms with Gasteiger partial charge in [-0.2, -0.15) is 0 Å². The molecule has 2 aromatic carbocycles. The number of aliphatic hydroxyl groups excluding tert-OH is 1. The fourth-order valence-electron chi connectivity index (χ4n) is 2.35. The van der Waals surface area contributed by atoms with E-state index in [-0.39, 0.29) is 12.2 Å². The number of benzene rings is 2. The van der Waals surface area contributed by atoms with E-state index in [4.69, 9.17) is 0 Å². The maximum Gasteiger partial charge on any atom is 0.269 e. The van der Waals surface area contributed by atoms with Crippen LogP contribution in [0.5, 0.6) is 0 Å². The summed E-state index contributed by atoms with van der Waals surface area (Å²) in [6, 6.07) is 11.6. The lowest BCUT2D eigenvalue weighted by Crippen LogP contribution is -2.27. The van der Waals surface area contributed by atoms with Gasteiger partial charge in [-0.3, -0.25) is 14.9 Å². The maximum atomic E-state index is 13.7. The summed E-state index contributed by atoms with van der Waals surface area (Å²) in [5, 5.41) is 23.7. The van der Waals surface area contributed by atoms with Gasteiger partial charge in [-0.25, -0.2) is 4.39 Å². The number of hydrogen-bond donors (Lipinski definition) is 2. The number of carbonyl (C=O) groups is 1. The molecule has 0 aliphatic heterocycles. The van der Waals surface area contributed by atoms with Gasteiger partial charge in [0.2, 0.25) is 0 Å². The number of thiophene rings is 1. The minimum atomic E-state index is -1.00. The molecule has 8 heteroatoms. The van der Waals surface area contributed by atoms with Crippen molar-refractivity contribution < 1.29 is 19.2 Å². The first-order chi connectivity index (χ1) is 12.0. The van der Waals surface area contributed by atoms with Gasteiger partial charge in [-0.05, 0) is 35.9 Å². The highest BCUT2D eigenvalue weighted by Crippen LogP contribution is 2.27. The van der Waals surface area contributed by atoms with Crippen LogP contribution in [0.4, 0.5) is 10.1 Å². The molecule has 0 saturated carbocycles. The molecule has 0 saturated heterocycles.